The third-order valence-corrected chi connectivity index (χ3v) is 5.48. The molecule has 1 aliphatic rings. The Morgan fingerprint density at radius 2 is 2.03 bits per heavy atom. The summed E-state index contributed by atoms with van der Waals surface area (Å²) >= 11 is 6.00. The molecule has 1 aliphatic heterocycles. The number of likely N-dealkylation sites (tertiary alicyclic amines) is 1. The van der Waals surface area contributed by atoms with Gasteiger partial charge >= 0.3 is 0 Å². The van der Waals surface area contributed by atoms with E-state index in [1.807, 2.05) is 7.05 Å². The fraction of sp³-hybridized carbons (Fsp3) is 0.591. The lowest BCUT2D eigenvalue weighted by molar-refractivity contribution is -0.130. The molecule has 2 rings (SSSR count). The maximum absolute atomic E-state index is 12.8. The van der Waals surface area contributed by atoms with E-state index >= 15 is 0 Å². The van der Waals surface area contributed by atoms with Crippen molar-refractivity contribution < 1.29 is 14.4 Å². The summed E-state index contributed by atoms with van der Waals surface area (Å²) in [7, 11) is 2.01. The van der Waals surface area contributed by atoms with Gasteiger partial charge in [-0.05, 0) is 64.4 Å². The molecule has 1 heterocycles. The molecule has 2 amide bonds. The van der Waals surface area contributed by atoms with Gasteiger partial charge in [0.15, 0.2) is 0 Å². The summed E-state index contributed by atoms with van der Waals surface area (Å²) < 4.78 is 0. The molecule has 0 aliphatic carbocycles. The van der Waals surface area contributed by atoms with E-state index in [1.165, 1.54) is 0 Å². The van der Waals surface area contributed by atoms with E-state index in [1.54, 1.807) is 31.2 Å². The summed E-state index contributed by atoms with van der Waals surface area (Å²) in [5.74, 6) is -0.217. The Balaban J connectivity index is 1.96. The van der Waals surface area contributed by atoms with Crippen LogP contribution in [0.3, 0.4) is 0 Å². The Morgan fingerprint density at radius 3 is 2.72 bits per heavy atom. The van der Waals surface area contributed by atoms with Crippen LogP contribution in [-0.4, -0.2) is 48.7 Å². The first-order valence-electron chi connectivity index (χ1n) is 10.4. The monoisotopic (exact) mass is 421 g/mol. The molecular formula is C22H32ClN3O3. The van der Waals surface area contributed by atoms with E-state index in [4.69, 9.17) is 11.6 Å². The lowest BCUT2D eigenvalue weighted by atomic mass is 9.96. The molecule has 29 heavy (non-hydrogen) atoms. The number of unbranched alkanes of at least 4 members (excludes halogenated alkanes) is 2. The Morgan fingerprint density at radius 1 is 1.24 bits per heavy atom. The molecule has 0 bridgehead atoms. The van der Waals surface area contributed by atoms with E-state index in [9.17, 15) is 14.4 Å². The van der Waals surface area contributed by atoms with Crippen LogP contribution in [0.25, 0.3) is 0 Å². The van der Waals surface area contributed by atoms with Crippen LogP contribution in [0.1, 0.15) is 51.9 Å². The normalized spacial score (nSPS) is 18.1. The van der Waals surface area contributed by atoms with Crippen LogP contribution in [0.15, 0.2) is 24.3 Å². The van der Waals surface area contributed by atoms with E-state index in [-0.39, 0.29) is 23.5 Å². The number of rotatable bonds is 10. The lowest BCUT2D eigenvalue weighted by Crippen LogP contribution is -2.49. The van der Waals surface area contributed by atoms with Gasteiger partial charge in [0.1, 0.15) is 11.8 Å². The molecule has 7 heteroatoms. The average Bonchev–Trinajstić information content (AvgIpc) is 2.66. The summed E-state index contributed by atoms with van der Waals surface area (Å²) in [6.07, 6.45) is 5.35. The summed E-state index contributed by atoms with van der Waals surface area (Å²) in [4.78, 5) is 38.8. The van der Waals surface area contributed by atoms with Crippen molar-refractivity contribution in [3.63, 3.8) is 0 Å². The first-order valence-corrected chi connectivity index (χ1v) is 10.8. The van der Waals surface area contributed by atoms with Crippen LogP contribution < -0.4 is 10.6 Å². The number of nitrogens with zero attached hydrogens (tertiary/aromatic N) is 1. The Bertz CT molecular complexity index is 710. The molecule has 2 atom stereocenters. The van der Waals surface area contributed by atoms with Crippen LogP contribution in [-0.2, 0) is 14.4 Å². The van der Waals surface area contributed by atoms with Gasteiger partial charge in [-0.2, -0.15) is 0 Å². The zero-order valence-electron chi connectivity index (χ0n) is 17.4. The quantitative estimate of drug-likeness (QED) is 0.565. The minimum Gasteiger partial charge on any atom is -0.344 e. The van der Waals surface area contributed by atoms with Crippen molar-refractivity contribution in [3.8, 4) is 0 Å². The molecule has 1 saturated heterocycles. The third kappa shape index (κ3) is 8.54. The fourth-order valence-corrected chi connectivity index (χ4v) is 3.82. The van der Waals surface area contributed by atoms with Gasteiger partial charge in [-0.25, -0.2) is 0 Å². The third-order valence-electron chi connectivity index (χ3n) is 5.24. The number of piperidine rings is 1. The van der Waals surface area contributed by atoms with Gasteiger partial charge in [-0.1, -0.05) is 30.5 Å². The molecule has 1 fully saturated rings. The lowest BCUT2D eigenvalue weighted by Gasteiger charge is -2.30. The molecule has 0 saturated carbocycles. The second-order valence-electron chi connectivity index (χ2n) is 7.96. The van der Waals surface area contributed by atoms with E-state index in [0.717, 1.165) is 38.6 Å². The van der Waals surface area contributed by atoms with Crippen molar-refractivity contribution in [1.82, 2.24) is 10.2 Å². The molecule has 1 aromatic rings. The Hall–Kier alpha value is -1.92. The van der Waals surface area contributed by atoms with E-state index in [2.05, 4.69) is 15.5 Å². The highest BCUT2D eigenvalue weighted by Gasteiger charge is 2.28. The molecule has 1 unspecified atom stereocenters. The number of amides is 2. The van der Waals surface area contributed by atoms with Crippen molar-refractivity contribution in [1.29, 1.82) is 0 Å². The molecule has 2 N–H and O–H groups in total. The highest BCUT2D eigenvalue weighted by atomic mass is 35.5. The summed E-state index contributed by atoms with van der Waals surface area (Å²) in [5.41, 5.74) is 0.607. The number of benzene rings is 1. The minimum atomic E-state index is -0.606. The first kappa shape index (κ1) is 23.4. The second-order valence-corrected chi connectivity index (χ2v) is 8.40. The molecule has 0 aromatic heterocycles. The highest BCUT2D eigenvalue weighted by Crippen LogP contribution is 2.18. The topological polar surface area (TPSA) is 78.5 Å². The molecule has 1 aromatic carbocycles. The number of halogens is 1. The average molecular weight is 422 g/mol. The number of carbonyl (C=O) groups is 3. The van der Waals surface area contributed by atoms with Crippen molar-refractivity contribution in [2.24, 2.45) is 5.92 Å². The number of hydrogen-bond donors (Lipinski definition) is 2. The minimum absolute atomic E-state index is 0.0634. The SMILES string of the molecule is CC(=O)CCCCC[C@H](NC(=O)C1CCCN(C)C1)C(=O)Nc1cccc(Cl)c1. The number of nitrogens with one attached hydrogen (secondary N) is 2. The van der Waals surface area contributed by atoms with Gasteiger partial charge in [-0.3, -0.25) is 9.59 Å². The van der Waals surface area contributed by atoms with Gasteiger partial charge in [0.25, 0.3) is 0 Å². The molecule has 0 spiro atoms. The van der Waals surface area contributed by atoms with Gasteiger partial charge in [0.2, 0.25) is 11.8 Å². The zero-order valence-corrected chi connectivity index (χ0v) is 18.1. The van der Waals surface area contributed by atoms with E-state index < -0.39 is 6.04 Å². The van der Waals surface area contributed by atoms with Gasteiger partial charge in [-0.15, -0.1) is 0 Å². The van der Waals surface area contributed by atoms with Crippen LogP contribution in [0.4, 0.5) is 5.69 Å². The second kappa shape index (κ2) is 11.9. The predicted molar refractivity (Wildman–Crippen MR) is 116 cm³/mol. The smallest absolute Gasteiger partial charge is 0.246 e. The zero-order chi connectivity index (χ0) is 21.2. The maximum atomic E-state index is 12.8. The number of Topliss-reactive ketones (excluding diaryl/α,β-unsaturated/α-hetero) is 1. The van der Waals surface area contributed by atoms with Crippen molar-refractivity contribution >= 4 is 34.9 Å². The fourth-order valence-electron chi connectivity index (χ4n) is 3.63. The van der Waals surface area contributed by atoms with Gasteiger partial charge in [0, 0.05) is 23.7 Å². The van der Waals surface area contributed by atoms with Gasteiger partial charge < -0.3 is 20.3 Å². The molecule has 160 valence electrons. The van der Waals surface area contributed by atoms with Crippen molar-refractivity contribution in [3.05, 3.63) is 29.3 Å². The summed E-state index contributed by atoms with van der Waals surface area (Å²) in [6.45, 7) is 3.30. The Labute approximate surface area is 178 Å². The highest BCUT2D eigenvalue weighted by molar-refractivity contribution is 6.30. The van der Waals surface area contributed by atoms with Crippen LogP contribution in [0.2, 0.25) is 5.02 Å². The van der Waals surface area contributed by atoms with Crippen molar-refractivity contribution in [2.75, 3.05) is 25.5 Å². The van der Waals surface area contributed by atoms with Crippen molar-refractivity contribution in [2.45, 2.75) is 57.9 Å². The first-order chi connectivity index (χ1) is 13.8. The Kier molecular flexibility index (Phi) is 9.61. The van der Waals surface area contributed by atoms with Crippen LogP contribution in [0.5, 0.6) is 0 Å². The number of anilines is 1. The summed E-state index contributed by atoms with van der Waals surface area (Å²) in [6, 6.07) is 6.36. The maximum Gasteiger partial charge on any atom is 0.246 e. The van der Waals surface area contributed by atoms with Crippen LogP contribution in [0, 0.1) is 5.92 Å². The number of hydrogen-bond acceptors (Lipinski definition) is 4. The van der Waals surface area contributed by atoms with E-state index in [0.29, 0.717) is 30.1 Å². The molecular weight excluding hydrogens is 390 g/mol. The predicted octanol–water partition coefficient (Wildman–Crippen LogP) is 3.64. The van der Waals surface area contributed by atoms with Crippen LogP contribution >= 0.6 is 11.6 Å². The standard InChI is InChI=1S/C22H32ClN3O3/c1-16(27)8-4-3-5-12-20(22(29)24-19-11-6-10-18(23)14-19)25-21(28)17-9-7-13-26(2)15-17/h6,10-11,14,17,20H,3-5,7-9,12-13,15H2,1-2H3,(H,24,29)(H,25,28)/t17?,20-/m0/s1. The molecule has 0 radical (unpaired) electrons. The number of carbonyl (C=O) groups excluding carboxylic acids is 3. The van der Waals surface area contributed by atoms with Gasteiger partial charge in [0.05, 0.1) is 5.92 Å². The largest absolute Gasteiger partial charge is 0.344 e. The number of ketones is 1. The summed E-state index contributed by atoms with van der Waals surface area (Å²) in [5, 5.41) is 6.36. The molecule has 6 nitrogen and oxygen atoms in total.